The Morgan fingerprint density at radius 1 is 1.17 bits per heavy atom. The summed E-state index contributed by atoms with van der Waals surface area (Å²) in [7, 11) is 1.72. The number of carbonyl (C=O) groups excluding carboxylic acids is 1. The van der Waals surface area contributed by atoms with E-state index >= 15 is 0 Å². The van der Waals surface area contributed by atoms with Crippen LogP contribution in [0.5, 0.6) is 0 Å². The maximum Gasteiger partial charge on any atom is 0.253 e. The molecule has 2 fully saturated rings. The molecule has 1 saturated heterocycles. The maximum atomic E-state index is 13.1. The minimum Gasteiger partial charge on any atom is -0.383 e. The third-order valence-electron chi connectivity index (χ3n) is 6.86. The fraction of sp³-hybridized carbons (Fsp3) is 0.520. The molecule has 2 atom stereocenters. The van der Waals surface area contributed by atoms with Gasteiger partial charge < -0.3 is 20.3 Å². The monoisotopic (exact) mass is 531 g/mol. The Morgan fingerprint density at radius 2 is 1.92 bits per heavy atom. The molecule has 3 heterocycles. The number of carbonyl (C=O) groups is 1. The molecular weight excluding hydrogens is 494 g/mol. The van der Waals surface area contributed by atoms with Crippen LogP contribution in [0.1, 0.15) is 32.5 Å². The second kappa shape index (κ2) is 11.7. The zero-order valence-corrected chi connectivity index (χ0v) is 22.4. The van der Waals surface area contributed by atoms with E-state index in [4.69, 9.17) is 9.72 Å². The SMILES string of the molecule is COCCN1CCN(C(=O)c2ccc3nc(N[C@H]4CC[C@H](Nc5ncc(SC)cn5)C4)sc3c2)CC1.[HH].[HH]. The van der Waals surface area contributed by atoms with Crippen LogP contribution in [0.25, 0.3) is 10.2 Å². The number of benzene rings is 1. The van der Waals surface area contributed by atoms with E-state index in [0.29, 0.717) is 18.0 Å². The Morgan fingerprint density at radius 3 is 2.64 bits per heavy atom. The van der Waals surface area contributed by atoms with E-state index < -0.39 is 0 Å². The number of rotatable bonds is 9. The Kier molecular flexibility index (Phi) is 8.20. The van der Waals surface area contributed by atoms with Crippen LogP contribution in [0.4, 0.5) is 11.1 Å². The number of ether oxygens (including phenoxy) is 1. The molecule has 1 amide bonds. The van der Waals surface area contributed by atoms with E-state index in [2.05, 4.69) is 25.5 Å². The Hall–Kier alpha value is -2.47. The van der Waals surface area contributed by atoms with Crippen LogP contribution in [0.2, 0.25) is 0 Å². The number of piperazine rings is 1. The van der Waals surface area contributed by atoms with E-state index in [9.17, 15) is 4.79 Å². The third-order valence-corrected chi connectivity index (χ3v) is 8.50. The number of methoxy groups -OCH3 is 1. The first-order valence-electron chi connectivity index (χ1n) is 12.4. The van der Waals surface area contributed by atoms with Crippen LogP contribution in [-0.4, -0.2) is 95.4 Å². The van der Waals surface area contributed by atoms with Gasteiger partial charge >= 0.3 is 0 Å². The van der Waals surface area contributed by atoms with Gasteiger partial charge in [-0.15, -0.1) is 11.8 Å². The number of thioether (sulfide) groups is 1. The molecule has 1 aliphatic carbocycles. The van der Waals surface area contributed by atoms with Crippen molar-refractivity contribution < 1.29 is 12.4 Å². The van der Waals surface area contributed by atoms with Crippen LogP contribution in [0.3, 0.4) is 0 Å². The molecule has 1 aromatic carbocycles. The Labute approximate surface area is 223 Å². The van der Waals surface area contributed by atoms with Crippen molar-refractivity contribution in [2.45, 2.75) is 36.2 Å². The molecule has 0 unspecified atom stereocenters. The predicted octanol–water partition coefficient (Wildman–Crippen LogP) is 4.15. The molecule has 1 aliphatic heterocycles. The number of anilines is 2. The van der Waals surface area contributed by atoms with Gasteiger partial charge in [0.2, 0.25) is 5.95 Å². The first kappa shape index (κ1) is 25.2. The summed E-state index contributed by atoms with van der Waals surface area (Å²) in [5, 5.41) is 7.98. The summed E-state index contributed by atoms with van der Waals surface area (Å²) in [4.78, 5) is 32.1. The summed E-state index contributed by atoms with van der Waals surface area (Å²) >= 11 is 3.26. The molecule has 0 spiro atoms. The molecular formula is C25H37N7O2S2. The van der Waals surface area contributed by atoms with Crippen molar-refractivity contribution in [3.05, 3.63) is 36.2 Å². The van der Waals surface area contributed by atoms with Gasteiger partial charge in [-0.3, -0.25) is 9.69 Å². The van der Waals surface area contributed by atoms with Crippen LogP contribution < -0.4 is 10.6 Å². The first-order chi connectivity index (χ1) is 17.6. The number of thiazole rings is 1. The van der Waals surface area contributed by atoms with Crippen molar-refractivity contribution >= 4 is 50.3 Å². The van der Waals surface area contributed by atoms with Crippen molar-refractivity contribution in [3.63, 3.8) is 0 Å². The van der Waals surface area contributed by atoms with Crippen molar-refractivity contribution in [3.8, 4) is 0 Å². The average Bonchev–Trinajstić information content (AvgIpc) is 3.53. The van der Waals surface area contributed by atoms with Gasteiger partial charge in [-0.25, -0.2) is 15.0 Å². The van der Waals surface area contributed by atoms with Crippen LogP contribution in [0.15, 0.2) is 35.5 Å². The summed E-state index contributed by atoms with van der Waals surface area (Å²) in [5.41, 5.74) is 1.67. The van der Waals surface area contributed by atoms with Crippen molar-refractivity contribution in [1.82, 2.24) is 24.8 Å². The largest absolute Gasteiger partial charge is 0.383 e. The fourth-order valence-electron chi connectivity index (χ4n) is 4.79. The van der Waals surface area contributed by atoms with Gasteiger partial charge in [0.05, 0.1) is 16.8 Å². The zero-order chi connectivity index (χ0) is 24.9. The summed E-state index contributed by atoms with van der Waals surface area (Å²) < 4.78 is 6.21. The normalized spacial score (nSPS) is 20.7. The van der Waals surface area contributed by atoms with E-state index in [1.165, 1.54) is 0 Å². The number of hydrogen-bond acceptors (Lipinski definition) is 10. The second-order valence-corrected chi connectivity index (χ2v) is 11.2. The summed E-state index contributed by atoms with van der Waals surface area (Å²) in [6.45, 7) is 4.92. The molecule has 1 saturated carbocycles. The molecule has 3 aromatic rings. The molecule has 5 rings (SSSR count). The molecule has 2 N–H and O–H groups in total. The number of fused-ring (bicyclic) bond motifs is 1. The maximum absolute atomic E-state index is 13.1. The predicted molar refractivity (Wildman–Crippen MR) is 151 cm³/mol. The molecule has 2 aliphatic rings. The Bertz CT molecular complexity index is 1180. The molecule has 36 heavy (non-hydrogen) atoms. The highest BCUT2D eigenvalue weighted by molar-refractivity contribution is 7.98. The van der Waals surface area contributed by atoms with Gasteiger partial charge in [0, 0.05) is 77.6 Å². The third kappa shape index (κ3) is 6.08. The summed E-state index contributed by atoms with van der Waals surface area (Å²) in [6.07, 6.45) is 8.85. The number of amides is 1. The number of nitrogens with one attached hydrogen (secondary N) is 2. The number of aromatic nitrogens is 3. The fourth-order valence-corrected chi connectivity index (χ4v) is 6.09. The lowest BCUT2D eigenvalue weighted by Gasteiger charge is -2.34. The van der Waals surface area contributed by atoms with Crippen molar-refractivity contribution in [2.24, 2.45) is 0 Å². The van der Waals surface area contributed by atoms with Gasteiger partial charge in [0.15, 0.2) is 5.13 Å². The van der Waals surface area contributed by atoms with Crippen LogP contribution in [0, 0.1) is 0 Å². The van der Waals surface area contributed by atoms with E-state index in [0.717, 1.165) is 84.4 Å². The highest BCUT2D eigenvalue weighted by atomic mass is 32.2. The zero-order valence-electron chi connectivity index (χ0n) is 20.8. The average molecular weight is 532 g/mol. The molecule has 2 aromatic heterocycles. The second-order valence-electron chi connectivity index (χ2n) is 9.27. The summed E-state index contributed by atoms with van der Waals surface area (Å²) in [6, 6.07) is 6.56. The van der Waals surface area contributed by atoms with Gasteiger partial charge in [-0.2, -0.15) is 0 Å². The molecule has 0 bridgehead atoms. The number of hydrogen-bond donors (Lipinski definition) is 2. The van der Waals surface area contributed by atoms with E-state index in [1.54, 1.807) is 30.2 Å². The Balaban J connectivity index is 0.00000200. The highest BCUT2D eigenvalue weighted by Crippen LogP contribution is 2.31. The van der Waals surface area contributed by atoms with E-state index in [-0.39, 0.29) is 8.76 Å². The van der Waals surface area contributed by atoms with E-state index in [1.807, 2.05) is 41.7 Å². The minimum absolute atomic E-state index is 0. The topological polar surface area (TPSA) is 95.5 Å². The summed E-state index contributed by atoms with van der Waals surface area (Å²) in [5.74, 6) is 0.788. The van der Waals surface area contributed by atoms with Gasteiger partial charge in [0.25, 0.3) is 5.91 Å². The van der Waals surface area contributed by atoms with Crippen LogP contribution in [-0.2, 0) is 4.74 Å². The molecule has 0 radical (unpaired) electrons. The first-order valence-corrected chi connectivity index (χ1v) is 14.5. The van der Waals surface area contributed by atoms with Gasteiger partial charge in [0.1, 0.15) is 0 Å². The quantitative estimate of drug-likeness (QED) is 0.395. The molecule has 9 nitrogen and oxygen atoms in total. The smallest absolute Gasteiger partial charge is 0.253 e. The standard InChI is InChI=1S/C25H33N7O2S2.2H2/c1-34-12-11-31-7-9-32(10-8-31)23(33)17-3-6-21-22(13-17)36-25(30-21)29-19-5-4-18(14-19)28-24-26-15-20(35-2)16-27-24;;/h3,6,13,15-16,18-19H,4-5,7-12,14H2,1-2H3,(H,29,30)(H,26,27,28);2*1H/t18-,19-;;/m0../s1. The highest BCUT2D eigenvalue weighted by Gasteiger charge is 2.26. The number of nitrogens with zero attached hydrogens (tertiary/aromatic N) is 5. The van der Waals surface area contributed by atoms with Crippen molar-refractivity contribution in [2.75, 3.05) is 63.3 Å². The van der Waals surface area contributed by atoms with Gasteiger partial charge in [-0.1, -0.05) is 11.3 Å². The lowest BCUT2D eigenvalue weighted by Crippen LogP contribution is -2.49. The van der Waals surface area contributed by atoms with Gasteiger partial charge in [-0.05, 0) is 43.7 Å². The molecule has 11 heteroatoms. The lowest BCUT2D eigenvalue weighted by atomic mass is 10.1. The van der Waals surface area contributed by atoms with Crippen LogP contribution >= 0.6 is 23.1 Å². The van der Waals surface area contributed by atoms with Crippen molar-refractivity contribution in [1.29, 1.82) is 0 Å². The molecule has 196 valence electrons. The lowest BCUT2D eigenvalue weighted by molar-refractivity contribution is 0.0594. The minimum atomic E-state index is 0.